The molecule has 1 amide bonds. The third kappa shape index (κ3) is 21.2. The van der Waals surface area contributed by atoms with E-state index in [0.29, 0.717) is 12.8 Å². The molecule has 0 aromatic carbocycles. The minimum atomic E-state index is -4.28. The maximum Gasteiger partial charge on any atom is 0.266 e. The molecule has 0 saturated heterocycles. The van der Waals surface area contributed by atoms with Gasteiger partial charge in [0.2, 0.25) is 5.91 Å². The van der Waals surface area contributed by atoms with E-state index in [4.69, 9.17) is 0 Å². The van der Waals surface area contributed by atoms with Crippen LogP contribution in [-0.2, 0) is 14.9 Å². The summed E-state index contributed by atoms with van der Waals surface area (Å²) in [7, 11) is -4.28. The first-order valence-electron chi connectivity index (χ1n) is 13.2. The highest BCUT2D eigenvalue weighted by atomic mass is 32.2. The van der Waals surface area contributed by atoms with E-state index in [1.807, 2.05) is 0 Å². The zero-order valence-electron chi connectivity index (χ0n) is 20.8. The van der Waals surface area contributed by atoms with Gasteiger partial charge in [-0.2, -0.15) is 8.42 Å². The number of aliphatic hydroxyl groups excluding tert-OH is 1. The van der Waals surface area contributed by atoms with E-state index in [0.717, 1.165) is 38.5 Å². The zero-order valence-corrected chi connectivity index (χ0v) is 21.6. The minimum absolute atomic E-state index is 0.253. The van der Waals surface area contributed by atoms with Crippen molar-refractivity contribution in [3.63, 3.8) is 0 Å². The lowest BCUT2D eigenvalue weighted by molar-refractivity contribution is -0.122. The van der Waals surface area contributed by atoms with E-state index in [9.17, 15) is 22.9 Å². The summed E-state index contributed by atoms with van der Waals surface area (Å²) in [6.07, 6.45) is 19.2. The molecule has 0 aromatic heterocycles. The van der Waals surface area contributed by atoms with Crippen molar-refractivity contribution in [2.24, 2.45) is 0 Å². The molecular weight excluding hydrogens is 426 g/mol. The van der Waals surface area contributed by atoms with Crippen molar-refractivity contribution in [2.45, 2.75) is 148 Å². The van der Waals surface area contributed by atoms with Gasteiger partial charge in [-0.25, -0.2) is 0 Å². The Morgan fingerprint density at radius 2 is 1.12 bits per heavy atom. The second-order valence-corrected chi connectivity index (χ2v) is 10.8. The van der Waals surface area contributed by atoms with Crippen LogP contribution in [0.1, 0.15) is 136 Å². The Morgan fingerprint density at radius 1 is 0.719 bits per heavy atom. The molecule has 2 unspecified atom stereocenters. The number of carbonyl (C=O) groups excluding carboxylic acids is 1. The van der Waals surface area contributed by atoms with Gasteiger partial charge in [0.05, 0.1) is 17.9 Å². The molecule has 0 heterocycles. The summed E-state index contributed by atoms with van der Waals surface area (Å²) in [6, 6.07) is -0.958. The summed E-state index contributed by atoms with van der Waals surface area (Å²) < 4.78 is 31.9. The smallest absolute Gasteiger partial charge is 0.266 e. The van der Waals surface area contributed by atoms with Gasteiger partial charge in [-0.3, -0.25) is 9.35 Å². The Kier molecular flexibility index (Phi) is 20.5. The van der Waals surface area contributed by atoms with Crippen LogP contribution < -0.4 is 5.32 Å². The Morgan fingerprint density at radius 3 is 1.56 bits per heavy atom. The molecule has 7 heteroatoms. The van der Waals surface area contributed by atoms with Crippen LogP contribution in [0.2, 0.25) is 0 Å². The summed E-state index contributed by atoms with van der Waals surface area (Å²) in [5.74, 6) is -0.897. The Labute approximate surface area is 198 Å². The van der Waals surface area contributed by atoms with Crippen molar-refractivity contribution in [1.82, 2.24) is 5.32 Å². The molecule has 0 rings (SSSR count). The highest BCUT2D eigenvalue weighted by Crippen LogP contribution is 2.14. The summed E-state index contributed by atoms with van der Waals surface area (Å²) in [5, 5.41) is 13.1. The van der Waals surface area contributed by atoms with Crippen LogP contribution in [0.4, 0.5) is 0 Å². The van der Waals surface area contributed by atoms with Gasteiger partial charge >= 0.3 is 0 Å². The number of hydrogen-bond donors (Lipinski definition) is 3. The predicted molar refractivity (Wildman–Crippen MR) is 133 cm³/mol. The highest BCUT2D eigenvalue weighted by Gasteiger charge is 2.25. The van der Waals surface area contributed by atoms with Gasteiger partial charge in [-0.1, -0.05) is 117 Å². The van der Waals surface area contributed by atoms with Gasteiger partial charge in [-0.15, -0.1) is 0 Å². The molecule has 0 aliphatic rings. The third-order valence-corrected chi connectivity index (χ3v) is 6.84. The van der Waals surface area contributed by atoms with Gasteiger partial charge in [0, 0.05) is 6.42 Å². The van der Waals surface area contributed by atoms with Crippen molar-refractivity contribution in [1.29, 1.82) is 0 Å². The largest absolute Gasteiger partial charge is 0.391 e. The predicted octanol–water partition coefficient (Wildman–Crippen LogP) is 6.17. The number of carbonyl (C=O) groups is 1. The molecular formula is C25H51NO5S. The van der Waals surface area contributed by atoms with Crippen LogP contribution in [0.5, 0.6) is 0 Å². The molecule has 192 valence electrons. The van der Waals surface area contributed by atoms with Crippen LogP contribution in [0.15, 0.2) is 0 Å². The molecule has 0 radical (unpaired) electrons. The summed E-state index contributed by atoms with van der Waals surface area (Å²) in [6.45, 7) is 4.40. The molecule has 0 aliphatic carbocycles. The average molecular weight is 478 g/mol. The van der Waals surface area contributed by atoms with Crippen molar-refractivity contribution in [3.05, 3.63) is 0 Å². The standard InChI is InChI=1S/C25H51NO5S/c1-3-5-7-9-11-13-15-17-19-21-25(28)26-23(22-32(29,30)31)24(27)20-18-16-14-12-10-8-6-4-2/h23-24,27H,3-22H2,1-2H3,(H,26,28)(H,29,30,31). The lowest BCUT2D eigenvalue weighted by Crippen LogP contribution is -2.47. The lowest BCUT2D eigenvalue weighted by Gasteiger charge is -2.23. The molecule has 0 fully saturated rings. The SMILES string of the molecule is CCCCCCCCCCCC(=O)NC(CS(=O)(=O)O)C(O)CCCCCCCCCC. The van der Waals surface area contributed by atoms with Crippen molar-refractivity contribution < 1.29 is 22.9 Å². The van der Waals surface area contributed by atoms with Crippen LogP contribution in [-0.4, -0.2) is 41.9 Å². The second kappa shape index (κ2) is 20.9. The topological polar surface area (TPSA) is 104 Å². The maximum atomic E-state index is 12.3. The normalized spacial score (nSPS) is 13.8. The molecule has 0 spiro atoms. The molecule has 0 aromatic rings. The molecule has 2 atom stereocenters. The maximum absolute atomic E-state index is 12.3. The van der Waals surface area contributed by atoms with Gasteiger partial charge < -0.3 is 10.4 Å². The first kappa shape index (κ1) is 31.3. The third-order valence-electron chi connectivity index (χ3n) is 6.06. The molecule has 0 aliphatic heterocycles. The summed E-state index contributed by atoms with van der Waals surface area (Å²) in [4.78, 5) is 12.3. The van der Waals surface area contributed by atoms with Gasteiger partial charge in [0.1, 0.15) is 0 Å². The van der Waals surface area contributed by atoms with Crippen molar-refractivity contribution in [2.75, 3.05) is 5.75 Å². The number of aliphatic hydroxyl groups is 1. The number of amides is 1. The van der Waals surface area contributed by atoms with Gasteiger partial charge in [0.25, 0.3) is 10.1 Å². The van der Waals surface area contributed by atoms with Crippen LogP contribution in [0, 0.1) is 0 Å². The first-order valence-corrected chi connectivity index (χ1v) is 14.8. The Bertz CT molecular complexity index is 538. The molecule has 0 saturated carbocycles. The van der Waals surface area contributed by atoms with E-state index < -0.39 is 28.0 Å². The Balaban J connectivity index is 4.11. The van der Waals surface area contributed by atoms with Gasteiger partial charge in [-0.05, 0) is 12.8 Å². The van der Waals surface area contributed by atoms with E-state index in [-0.39, 0.29) is 5.91 Å². The second-order valence-electron chi connectivity index (χ2n) is 9.33. The molecule has 6 nitrogen and oxygen atoms in total. The molecule has 3 N–H and O–H groups in total. The van der Waals surface area contributed by atoms with E-state index in [1.165, 1.54) is 70.6 Å². The quantitative estimate of drug-likeness (QED) is 0.121. The lowest BCUT2D eigenvalue weighted by atomic mass is 10.0. The molecule has 32 heavy (non-hydrogen) atoms. The fraction of sp³-hybridized carbons (Fsp3) is 0.960. The number of rotatable bonds is 23. The number of unbranched alkanes of at least 4 members (excludes halogenated alkanes) is 15. The zero-order chi connectivity index (χ0) is 24.1. The van der Waals surface area contributed by atoms with Crippen molar-refractivity contribution in [3.8, 4) is 0 Å². The fourth-order valence-electron chi connectivity index (χ4n) is 4.04. The minimum Gasteiger partial charge on any atom is -0.391 e. The Hall–Kier alpha value is -0.660. The molecule has 0 bridgehead atoms. The van der Waals surface area contributed by atoms with E-state index in [1.54, 1.807) is 0 Å². The first-order chi connectivity index (χ1) is 15.3. The average Bonchev–Trinajstić information content (AvgIpc) is 2.73. The number of nitrogens with one attached hydrogen (secondary N) is 1. The van der Waals surface area contributed by atoms with Crippen LogP contribution >= 0.6 is 0 Å². The van der Waals surface area contributed by atoms with Crippen molar-refractivity contribution >= 4 is 16.0 Å². The van der Waals surface area contributed by atoms with Gasteiger partial charge in [0.15, 0.2) is 0 Å². The summed E-state index contributed by atoms with van der Waals surface area (Å²) >= 11 is 0. The van der Waals surface area contributed by atoms with Crippen LogP contribution in [0.3, 0.4) is 0 Å². The monoisotopic (exact) mass is 477 g/mol. The number of hydrogen-bond acceptors (Lipinski definition) is 4. The van der Waals surface area contributed by atoms with E-state index >= 15 is 0 Å². The highest BCUT2D eigenvalue weighted by molar-refractivity contribution is 7.85. The summed E-state index contributed by atoms with van der Waals surface area (Å²) in [5.41, 5.74) is 0. The van der Waals surface area contributed by atoms with E-state index in [2.05, 4.69) is 19.2 Å². The fourth-order valence-corrected chi connectivity index (χ4v) is 4.80. The van der Waals surface area contributed by atoms with Crippen LogP contribution in [0.25, 0.3) is 0 Å².